The van der Waals surface area contributed by atoms with Gasteiger partial charge in [0, 0.05) is 10.8 Å². The fraction of sp³-hybridized carbons (Fsp3) is 0.385. The van der Waals surface area contributed by atoms with Crippen molar-refractivity contribution in [1.29, 1.82) is 0 Å². The zero-order chi connectivity index (χ0) is 12.7. The first-order valence-corrected chi connectivity index (χ1v) is 7.99. The highest BCUT2D eigenvalue weighted by atomic mass is 79.9. The molecule has 0 amide bonds. The number of hydrogen-bond donors (Lipinski definition) is 0. The lowest BCUT2D eigenvalue weighted by Gasteiger charge is -2.05. The highest BCUT2D eigenvalue weighted by Crippen LogP contribution is 2.44. The molecular formula is C13H12BrClN2S. The Morgan fingerprint density at radius 1 is 1.39 bits per heavy atom. The van der Waals surface area contributed by atoms with E-state index in [0.29, 0.717) is 11.1 Å². The van der Waals surface area contributed by atoms with Crippen molar-refractivity contribution in [2.45, 2.75) is 32.1 Å². The molecule has 2 aromatic rings. The molecule has 5 heteroatoms. The molecule has 0 unspecified atom stereocenters. The molecule has 1 aliphatic carbocycles. The largest absolute Gasteiger partial charge is 0.231 e. The van der Waals surface area contributed by atoms with Crippen LogP contribution in [0.4, 0.5) is 0 Å². The number of thiophene rings is 1. The van der Waals surface area contributed by atoms with E-state index in [1.54, 1.807) is 11.3 Å². The quantitative estimate of drug-likeness (QED) is 0.728. The van der Waals surface area contributed by atoms with E-state index in [0.717, 1.165) is 27.3 Å². The molecule has 18 heavy (non-hydrogen) atoms. The number of aromatic nitrogens is 2. The van der Waals surface area contributed by atoms with Crippen molar-refractivity contribution in [3.8, 4) is 10.7 Å². The van der Waals surface area contributed by atoms with E-state index in [1.807, 2.05) is 0 Å². The molecule has 2 nitrogen and oxygen atoms in total. The van der Waals surface area contributed by atoms with Crippen molar-refractivity contribution in [2.24, 2.45) is 0 Å². The first kappa shape index (κ1) is 12.6. The minimum absolute atomic E-state index is 0.522. The van der Waals surface area contributed by atoms with Crippen molar-refractivity contribution in [3.63, 3.8) is 0 Å². The van der Waals surface area contributed by atoms with Crippen molar-refractivity contribution >= 4 is 38.9 Å². The van der Waals surface area contributed by atoms with Gasteiger partial charge in [-0.05, 0) is 47.3 Å². The summed E-state index contributed by atoms with van der Waals surface area (Å²) in [5.74, 6) is 1.32. The van der Waals surface area contributed by atoms with Gasteiger partial charge in [-0.2, -0.15) is 0 Å². The zero-order valence-corrected chi connectivity index (χ0v) is 13.1. The van der Waals surface area contributed by atoms with E-state index < -0.39 is 0 Å². The highest BCUT2D eigenvalue weighted by Gasteiger charge is 2.29. The maximum atomic E-state index is 6.19. The topological polar surface area (TPSA) is 25.8 Å². The van der Waals surface area contributed by atoms with Gasteiger partial charge >= 0.3 is 0 Å². The minimum atomic E-state index is 0.522. The van der Waals surface area contributed by atoms with Gasteiger partial charge in [0.05, 0.1) is 15.0 Å². The monoisotopic (exact) mass is 342 g/mol. The van der Waals surface area contributed by atoms with Crippen LogP contribution in [0.1, 0.15) is 36.3 Å². The summed E-state index contributed by atoms with van der Waals surface area (Å²) >= 11 is 11.4. The highest BCUT2D eigenvalue weighted by molar-refractivity contribution is 9.10. The van der Waals surface area contributed by atoms with E-state index in [2.05, 4.69) is 45.0 Å². The molecule has 0 saturated heterocycles. The van der Waals surface area contributed by atoms with Crippen LogP contribution in [-0.4, -0.2) is 9.97 Å². The van der Waals surface area contributed by atoms with Gasteiger partial charge in [-0.25, -0.2) is 9.97 Å². The molecule has 1 fully saturated rings. The molecule has 0 spiro atoms. The number of aryl methyl sites for hydroxylation is 1. The van der Waals surface area contributed by atoms with E-state index in [9.17, 15) is 0 Å². The Bertz CT molecular complexity index is 593. The maximum absolute atomic E-state index is 6.19. The van der Waals surface area contributed by atoms with Gasteiger partial charge < -0.3 is 0 Å². The van der Waals surface area contributed by atoms with Crippen molar-refractivity contribution in [2.75, 3.05) is 0 Å². The number of halogens is 2. The van der Waals surface area contributed by atoms with Gasteiger partial charge in [-0.3, -0.25) is 0 Å². The minimum Gasteiger partial charge on any atom is -0.231 e. The predicted octanol–water partition coefficient (Wildman–Crippen LogP) is 5.06. The number of rotatable bonds is 3. The molecule has 2 heterocycles. The summed E-state index contributed by atoms with van der Waals surface area (Å²) < 4.78 is 0.864. The van der Waals surface area contributed by atoms with Gasteiger partial charge in [0.2, 0.25) is 0 Å². The first-order chi connectivity index (χ1) is 8.69. The second-order valence-electron chi connectivity index (χ2n) is 4.43. The Morgan fingerprint density at radius 3 is 2.78 bits per heavy atom. The molecule has 1 saturated carbocycles. The fourth-order valence-electron chi connectivity index (χ4n) is 1.86. The molecule has 0 radical (unpaired) electrons. The van der Waals surface area contributed by atoms with Crippen LogP contribution in [-0.2, 0) is 6.42 Å². The van der Waals surface area contributed by atoms with Crippen molar-refractivity contribution in [3.05, 3.63) is 32.3 Å². The second kappa shape index (κ2) is 4.91. The molecule has 0 atom stereocenters. The third-order valence-electron chi connectivity index (χ3n) is 3.03. The number of hydrogen-bond acceptors (Lipinski definition) is 3. The molecule has 94 valence electrons. The Labute approximate surface area is 124 Å². The van der Waals surface area contributed by atoms with Gasteiger partial charge in [0.15, 0.2) is 5.82 Å². The predicted molar refractivity (Wildman–Crippen MR) is 79.4 cm³/mol. The molecule has 1 aliphatic rings. The zero-order valence-electron chi connectivity index (χ0n) is 9.91. The van der Waals surface area contributed by atoms with Crippen molar-refractivity contribution < 1.29 is 0 Å². The summed E-state index contributed by atoms with van der Waals surface area (Å²) in [4.78, 5) is 11.5. The standard InChI is InChI=1S/C13H12BrClN2S/c1-2-8-5-6-9(18-8)13-16-11(7-3-4-7)10(14)12(15)17-13/h5-7H,2-4H2,1H3. The summed E-state index contributed by atoms with van der Waals surface area (Å²) in [6, 6.07) is 4.22. The number of nitrogens with zero attached hydrogens (tertiary/aromatic N) is 2. The van der Waals surface area contributed by atoms with E-state index in [-0.39, 0.29) is 0 Å². The lowest BCUT2D eigenvalue weighted by atomic mass is 10.3. The van der Waals surface area contributed by atoms with Gasteiger partial charge in [-0.15, -0.1) is 11.3 Å². The van der Waals surface area contributed by atoms with E-state index in [1.165, 1.54) is 17.7 Å². The van der Waals surface area contributed by atoms with E-state index in [4.69, 9.17) is 11.6 Å². The third kappa shape index (κ3) is 2.33. The summed E-state index contributed by atoms with van der Waals surface area (Å²) in [5, 5.41) is 0.522. The molecule has 3 rings (SSSR count). The molecule has 0 aliphatic heterocycles. The third-order valence-corrected chi connectivity index (χ3v) is 5.54. The summed E-state index contributed by atoms with van der Waals surface area (Å²) in [6.07, 6.45) is 3.45. The maximum Gasteiger partial charge on any atom is 0.171 e. The van der Waals surface area contributed by atoms with Gasteiger partial charge in [-0.1, -0.05) is 18.5 Å². The van der Waals surface area contributed by atoms with Crippen LogP contribution in [0.25, 0.3) is 10.7 Å². The lowest BCUT2D eigenvalue weighted by Crippen LogP contribution is -1.96. The summed E-state index contributed by atoms with van der Waals surface area (Å²) in [5.41, 5.74) is 1.07. The average Bonchev–Trinajstić information content (AvgIpc) is 3.09. The normalized spacial score (nSPS) is 15.1. The molecule has 0 aromatic carbocycles. The Balaban J connectivity index is 2.06. The summed E-state index contributed by atoms with van der Waals surface area (Å²) in [6.45, 7) is 2.15. The average molecular weight is 344 g/mol. The van der Waals surface area contributed by atoms with Crippen LogP contribution in [0.2, 0.25) is 5.15 Å². The van der Waals surface area contributed by atoms with Crippen LogP contribution in [0.3, 0.4) is 0 Å². The van der Waals surface area contributed by atoms with Gasteiger partial charge in [0.1, 0.15) is 5.15 Å². The van der Waals surface area contributed by atoms with E-state index >= 15 is 0 Å². The molecule has 0 bridgehead atoms. The Morgan fingerprint density at radius 2 is 2.17 bits per heavy atom. The molecular weight excluding hydrogens is 332 g/mol. The smallest absolute Gasteiger partial charge is 0.171 e. The van der Waals surface area contributed by atoms with Crippen LogP contribution in [0, 0.1) is 0 Å². The second-order valence-corrected chi connectivity index (χ2v) is 6.75. The lowest BCUT2D eigenvalue weighted by molar-refractivity contribution is 0.982. The van der Waals surface area contributed by atoms with Crippen LogP contribution >= 0.6 is 38.9 Å². The van der Waals surface area contributed by atoms with Crippen LogP contribution in [0.5, 0.6) is 0 Å². The summed E-state index contributed by atoms with van der Waals surface area (Å²) in [7, 11) is 0. The molecule has 2 aromatic heterocycles. The van der Waals surface area contributed by atoms with Crippen molar-refractivity contribution in [1.82, 2.24) is 9.97 Å². The SMILES string of the molecule is CCc1ccc(-c2nc(Cl)c(Br)c(C3CC3)n2)s1. The Hall–Kier alpha value is -0.450. The van der Waals surface area contributed by atoms with Crippen LogP contribution < -0.4 is 0 Å². The fourth-order valence-corrected chi connectivity index (χ4v) is 3.42. The molecule has 0 N–H and O–H groups in total. The van der Waals surface area contributed by atoms with Gasteiger partial charge in [0.25, 0.3) is 0 Å². The van der Waals surface area contributed by atoms with Crippen LogP contribution in [0.15, 0.2) is 16.6 Å². The first-order valence-electron chi connectivity index (χ1n) is 6.01. The Kier molecular flexibility index (Phi) is 3.43.